The van der Waals surface area contributed by atoms with Crippen molar-refractivity contribution in [3.63, 3.8) is 0 Å². The molecule has 25 heavy (non-hydrogen) atoms. The zero-order chi connectivity index (χ0) is 17.5. The summed E-state index contributed by atoms with van der Waals surface area (Å²) in [6.45, 7) is 4.12. The Morgan fingerprint density at radius 2 is 1.76 bits per heavy atom. The molecule has 0 N–H and O–H groups in total. The van der Waals surface area contributed by atoms with E-state index in [9.17, 15) is 0 Å². The van der Waals surface area contributed by atoms with Crippen LogP contribution in [0.4, 0.5) is 0 Å². The molecule has 0 bridgehead atoms. The van der Waals surface area contributed by atoms with E-state index in [4.69, 9.17) is 21.1 Å². The molecule has 0 radical (unpaired) electrons. The quantitative estimate of drug-likeness (QED) is 0.649. The second-order valence-electron chi connectivity index (χ2n) is 6.51. The Hall–Kier alpha value is -1.71. The second-order valence-corrected chi connectivity index (χ2v) is 6.95. The number of para-hydroxylation sites is 1. The largest absolute Gasteiger partial charge is 0.496 e. The van der Waals surface area contributed by atoms with E-state index in [1.807, 2.05) is 30.3 Å². The number of hydrogen-bond donors (Lipinski definition) is 0. The molecule has 3 nitrogen and oxygen atoms in total. The zero-order valence-electron chi connectivity index (χ0n) is 14.8. The molecule has 0 spiro atoms. The number of hydrogen-bond acceptors (Lipinski definition) is 3. The molecule has 1 fully saturated rings. The van der Waals surface area contributed by atoms with Crippen molar-refractivity contribution in [3.05, 3.63) is 59.1 Å². The smallest absolute Gasteiger partial charge is 0.122 e. The van der Waals surface area contributed by atoms with Crippen molar-refractivity contribution in [1.82, 2.24) is 4.90 Å². The van der Waals surface area contributed by atoms with Gasteiger partial charge in [-0.05, 0) is 74.2 Å². The van der Waals surface area contributed by atoms with Gasteiger partial charge in [0.25, 0.3) is 0 Å². The summed E-state index contributed by atoms with van der Waals surface area (Å²) < 4.78 is 11.3. The zero-order valence-corrected chi connectivity index (χ0v) is 15.5. The molecule has 134 valence electrons. The first-order valence-electron chi connectivity index (χ1n) is 9.00. The second kappa shape index (κ2) is 9.12. The maximum Gasteiger partial charge on any atom is 0.122 e. The molecule has 0 unspecified atom stereocenters. The van der Waals surface area contributed by atoms with Crippen LogP contribution in [0.5, 0.6) is 11.5 Å². The third-order valence-electron chi connectivity index (χ3n) is 4.87. The molecule has 1 aliphatic heterocycles. The van der Waals surface area contributed by atoms with Crippen LogP contribution in [0.25, 0.3) is 0 Å². The first-order chi connectivity index (χ1) is 12.3. The SMILES string of the molecule is COc1ccccc1C1CCN(CCCOc2ccc(Cl)cc2)CC1. The average molecular weight is 360 g/mol. The lowest BCUT2D eigenvalue weighted by atomic mass is 9.89. The van der Waals surface area contributed by atoms with Crippen LogP contribution in [0.3, 0.4) is 0 Å². The van der Waals surface area contributed by atoms with E-state index in [0.29, 0.717) is 5.92 Å². The molecule has 1 heterocycles. The molecule has 1 aliphatic rings. The fourth-order valence-corrected chi connectivity index (χ4v) is 3.61. The number of nitrogens with zero attached hydrogens (tertiary/aromatic N) is 1. The van der Waals surface area contributed by atoms with Gasteiger partial charge >= 0.3 is 0 Å². The average Bonchev–Trinajstić information content (AvgIpc) is 2.67. The molecule has 1 saturated heterocycles. The highest BCUT2D eigenvalue weighted by molar-refractivity contribution is 6.30. The summed E-state index contributed by atoms with van der Waals surface area (Å²) in [5.41, 5.74) is 1.36. The molecule has 0 aromatic heterocycles. The Morgan fingerprint density at radius 3 is 2.48 bits per heavy atom. The lowest BCUT2D eigenvalue weighted by Crippen LogP contribution is -2.34. The fourth-order valence-electron chi connectivity index (χ4n) is 3.48. The highest BCUT2D eigenvalue weighted by Gasteiger charge is 2.22. The minimum atomic E-state index is 0.609. The summed E-state index contributed by atoms with van der Waals surface area (Å²) in [5, 5.41) is 0.741. The molecule has 2 aromatic carbocycles. The number of likely N-dealkylation sites (tertiary alicyclic amines) is 1. The molecule has 4 heteroatoms. The van der Waals surface area contributed by atoms with Gasteiger partial charge in [0.2, 0.25) is 0 Å². The monoisotopic (exact) mass is 359 g/mol. The van der Waals surface area contributed by atoms with Crippen LogP contribution in [0, 0.1) is 0 Å². The van der Waals surface area contributed by atoms with E-state index >= 15 is 0 Å². The van der Waals surface area contributed by atoms with Crippen LogP contribution in [0.2, 0.25) is 5.02 Å². The summed E-state index contributed by atoms with van der Waals surface area (Å²) in [7, 11) is 1.76. The van der Waals surface area contributed by atoms with Crippen LogP contribution in [-0.2, 0) is 0 Å². The predicted octanol–water partition coefficient (Wildman–Crippen LogP) is 5.00. The lowest BCUT2D eigenvalue weighted by Gasteiger charge is -2.32. The summed E-state index contributed by atoms with van der Waals surface area (Å²) in [5.74, 6) is 2.52. The Morgan fingerprint density at radius 1 is 1.04 bits per heavy atom. The summed E-state index contributed by atoms with van der Waals surface area (Å²) in [6, 6.07) is 16.0. The molecular formula is C21H26ClNO2. The van der Waals surface area contributed by atoms with Gasteiger partial charge in [-0.1, -0.05) is 29.8 Å². The Bertz CT molecular complexity index is 651. The number of rotatable bonds is 7. The predicted molar refractivity (Wildman–Crippen MR) is 103 cm³/mol. The minimum Gasteiger partial charge on any atom is -0.496 e. The number of halogens is 1. The van der Waals surface area contributed by atoms with Gasteiger partial charge in [0.15, 0.2) is 0 Å². The van der Waals surface area contributed by atoms with Crippen molar-refractivity contribution in [3.8, 4) is 11.5 Å². The van der Waals surface area contributed by atoms with Crippen molar-refractivity contribution in [1.29, 1.82) is 0 Å². The van der Waals surface area contributed by atoms with Gasteiger partial charge in [-0.3, -0.25) is 0 Å². The summed E-state index contributed by atoms with van der Waals surface area (Å²) in [4.78, 5) is 2.54. The lowest BCUT2D eigenvalue weighted by molar-refractivity contribution is 0.192. The minimum absolute atomic E-state index is 0.609. The van der Waals surface area contributed by atoms with Crippen LogP contribution >= 0.6 is 11.6 Å². The van der Waals surface area contributed by atoms with Gasteiger partial charge in [-0.2, -0.15) is 0 Å². The Kier molecular flexibility index (Phi) is 6.60. The van der Waals surface area contributed by atoms with Gasteiger partial charge < -0.3 is 14.4 Å². The van der Waals surface area contributed by atoms with E-state index < -0.39 is 0 Å². The first-order valence-corrected chi connectivity index (χ1v) is 9.37. The maximum absolute atomic E-state index is 5.88. The standard InChI is InChI=1S/C21H26ClNO2/c1-24-21-6-3-2-5-20(21)17-11-14-23(15-12-17)13-4-16-25-19-9-7-18(22)8-10-19/h2-3,5-10,17H,4,11-16H2,1H3. The Labute approximate surface area is 155 Å². The van der Waals surface area contributed by atoms with Gasteiger partial charge in [0, 0.05) is 11.6 Å². The topological polar surface area (TPSA) is 21.7 Å². The van der Waals surface area contributed by atoms with E-state index in [-0.39, 0.29) is 0 Å². The molecule has 2 aromatic rings. The van der Waals surface area contributed by atoms with Crippen molar-refractivity contribution in [2.24, 2.45) is 0 Å². The molecular weight excluding hydrogens is 334 g/mol. The van der Waals surface area contributed by atoms with Crippen molar-refractivity contribution < 1.29 is 9.47 Å². The molecule has 0 amide bonds. The van der Waals surface area contributed by atoms with E-state index in [0.717, 1.165) is 49.2 Å². The highest BCUT2D eigenvalue weighted by atomic mass is 35.5. The van der Waals surface area contributed by atoms with Crippen LogP contribution in [0.1, 0.15) is 30.7 Å². The maximum atomic E-state index is 5.88. The molecule has 3 rings (SSSR count). The molecule has 0 atom stereocenters. The highest BCUT2D eigenvalue weighted by Crippen LogP contribution is 2.33. The first kappa shape index (κ1) is 18.1. The van der Waals surface area contributed by atoms with Gasteiger partial charge in [-0.25, -0.2) is 0 Å². The third-order valence-corrected chi connectivity index (χ3v) is 5.12. The van der Waals surface area contributed by atoms with E-state index in [1.165, 1.54) is 18.4 Å². The Balaban J connectivity index is 1.38. The van der Waals surface area contributed by atoms with Crippen molar-refractivity contribution in [2.75, 3.05) is 33.4 Å². The number of benzene rings is 2. The molecule has 0 aliphatic carbocycles. The third kappa shape index (κ3) is 5.13. The van der Waals surface area contributed by atoms with Crippen molar-refractivity contribution in [2.45, 2.75) is 25.2 Å². The van der Waals surface area contributed by atoms with E-state index in [1.54, 1.807) is 7.11 Å². The van der Waals surface area contributed by atoms with E-state index in [2.05, 4.69) is 23.1 Å². The van der Waals surface area contributed by atoms with Crippen LogP contribution in [0.15, 0.2) is 48.5 Å². The van der Waals surface area contributed by atoms with Crippen LogP contribution < -0.4 is 9.47 Å². The van der Waals surface area contributed by atoms with Crippen molar-refractivity contribution >= 4 is 11.6 Å². The summed E-state index contributed by atoms with van der Waals surface area (Å²) in [6.07, 6.45) is 3.43. The molecule has 0 saturated carbocycles. The fraction of sp³-hybridized carbons (Fsp3) is 0.429. The number of methoxy groups -OCH3 is 1. The van der Waals surface area contributed by atoms with Gasteiger partial charge in [0.05, 0.1) is 13.7 Å². The van der Waals surface area contributed by atoms with Gasteiger partial charge in [-0.15, -0.1) is 0 Å². The number of ether oxygens (including phenoxy) is 2. The number of piperidine rings is 1. The van der Waals surface area contributed by atoms with Gasteiger partial charge in [0.1, 0.15) is 11.5 Å². The summed E-state index contributed by atoms with van der Waals surface area (Å²) >= 11 is 5.88. The normalized spacial score (nSPS) is 15.9. The van der Waals surface area contributed by atoms with Crippen LogP contribution in [-0.4, -0.2) is 38.3 Å².